The second kappa shape index (κ2) is 4.61. The number of halogens is 1. The van der Waals surface area contributed by atoms with Crippen LogP contribution in [0.15, 0.2) is 49.1 Å². The van der Waals surface area contributed by atoms with Crippen molar-refractivity contribution in [2.24, 2.45) is 0 Å². The molecule has 0 aliphatic carbocycles. The molecule has 0 amide bonds. The summed E-state index contributed by atoms with van der Waals surface area (Å²) < 4.78 is 14.7. The second-order valence-electron chi connectivity index (χ2n) is 4.19. The third kappa shape index (κ3) is 2.22. The molecule has 0 aliphatic heterocycles. The van der Waals surface area contributed by atoms with E-state index in [9.17, 15) is 9.18 Å². The maximum absolute atomic E-state index is 13.1. The number of aromatic nitrogens is 3. The lowest BCUT2D eigenvalue weighted by atomic mass is 10.0. The van der Waals surface area contributed by atoms with Gasteiger partial charge in [-0.15, -0.1) is 0 Å². The summed E-state index contributed by atoms with van der Waals surface area (Å²) in [4.78, 5) is 16.2. The summed E-state index contributed by atoms with van der Waals surface area (Å²) in [6.07, 6.45) is 6.52. The normalized spacial score (nSPS) is 10.8. The fourth-order valence-corrected chi connectivity index (χ4v) is 1.98. The molecule has 0 radical (unpaired) electrons. The number of hydrogen-bond acceptors (Lipinski definition) is 3. The zero-order chi connectivity index (χ0) is 13.2. The van der Waals surface area contributed by atoms with Gasteiger partial charge >= 0.3 is 0 Å². The quantitative estimate of drug-likeness (QED) is 0.675. The Morgan fingerprint density at radius 1 is 1.32 bits per heavy atom. The number of nitrogens with zero attached hydrogens (tertiary/aromatic N) is 3. The van der Waals surface area contributed by atoms with Crippen LogP contribution in [-0.4, -0.2) is 20.4 Å². The second-order valence-corrected chi connectivity index (χ2v) is 4.19. The van der Waals surface area contributed by atoms with E-state index in [0.717, 1.165) is 0 Å². The van der Waals surface area contributed by atoms with Crippen LogP contribution in [0.1, 0.15) is 15.9 Å². The lowest BCUT2D eigenvalue weighted by Gasteiger charge is -2.00. The van der Waals surface area contributed by atoms with Crippen LogP contribution < -0.4 is 0 Å². The molecule has 1 aromatic carbocycles. The van der Waals surface area contributed by atoms with Crippen LogP contribution in [0.5, 0.6) is 0 Å². The highest BCUT2D eigenvalue weighted by atomic mass is 19.1. The van der Waals surface area contributed by atoms with Crippen molar-refractivity contribution < 1.29 is 9.18 Å². The van der Waals surface area contributed by atoms with Crippen LogP contribution in [0, 0.1) is 5.82 Å². The molecule has 0 N–H and O–H groups in total. The minimum atomic E-state index is -0.341. The number of carbonyl (C=O) groups excluding carboxylic acids is 1. The van der Waals surface area contributed by atoms with Crippen molar-refractivity contribution in [2.45, 2.75) is 6.42 Å². The standard InChI is InChI=1S/C14H10FN3O/c15-11-3-1-2-10(6-11)7-14(19)12-8-17-18-5-4-16-9-13(12)18/h1-6,8-9H,7H2. The molecule has 2 heterocycles. The molecular formula is C14H10FN3O. The van der Waals surface area contributed by atoms with Gasteiger partial charge in [0.2, 0.25) is 0 Å². The molecule has 0 unspecified atom stereocenters. The highest BCUT2D eigenvalue weighted by Crippen LogP contribution is 2.13. The van der Waals surface area contributed by atoms with Gasteiger partial charge in [0.1, 0.15) is 5.82 Å². The number of hydrogen-bond donors (Lipinski definition) is 0. The van der Waals surface area contributed by atoms with Crippen LogP contribution in [0.2, 0.25) is 0 Å². The zero-order valence-corrected chi connectivity index (χ0v) is 9.95. The molecule has 0 spiro atoms. The molecule has 94 valence electrons. The Labute approximate surface area is 108 Å². The minimum absolute atomic E-state index is 0.103. The first-order valence-corrected chi connectivity index (χ1v) is 5.79. The number of ketones is 1. The van der Waals surface area contributed by atoms with Crippen molar-refractivity contribution >= 4 is 11.3 Å². The van der Waals surface area contributed by atoms with Gasteiger partial charge in [-0.2, -0.15) is 5.10 Å². The van der Waals surface area contributed by atoms with Gasteiger partial charge < -0.3 is 0 Å². The molecule has 5 heteroatoms. The van der Waals surface area contributed by atoms with Gasteiger partial charge in [-0.25, -0.2) is 8.91 Å². The molecule has 4 nitrogen and oxygen atoms in total. The zero-order valence-electron chi connectivity index (χ0n) is 9.95. The smallest absolute Gasteiger partial charge is 0.171 e. The molecule has 3 aromatic rings. The van der Waals surface area contributed by atoms with E-state index in [1.165, 1.54) is 18.3 Å². The van der Waals surface area contributed by atoms with Crippen molar-refractivity contribution in [1.82, 2.24) is 14.6 Å². The SMILES string of the molecule is O=C(Cc1cccc(F)c1)c1cnn2ccncc12. The third-order valence-corrected chi connectivity index (χ3v) is 2.88. The summed E-state index contributed by atoms with van der Waals surface area (Å²) in [5.74, 6) is -0.444. The Morgan fingerprint density at radius 2 is 2.21 bits per heavy atom. The first kappa shape index (κ1) is 11.5. The topological polar surface area (TPSA) is 47.3 Å². The van der Waals surface area contributed by atoms with Crippen LogP contribution in [-0.2, 0) is 6.42 Å². The minimum Gasteiger partial charge on any atom is -0.294 e. The summed E-state index contributed by atoms with van der Waals surface area (Å²) in [6, 6.07) is 6.04. The number of rotatable bonds is 3. The number of fused-ring (bicyclic) bond motifs is 1. The molecule has 0 aliphatic rings. The van der Waals surface area contributed by atoms with E-state index in [1.54, 1.807) is 35.2 Å². The fraction of sp³-hybridized carbons (Fsp3) is 0.0714. The van der Waals surface area contributed by atoms with Crippen LogP contribution in [0.4, 0.5) is 4.39 Å². The fourth-order valence-electron chi connectivity index (χ4n) is 1.98. The largest absolute Gasteiger partial charge is 0.294 e. The van der Waals surface area contributed by atoms with Gasteiger partial charge in [-0.1, -0.05) is 12.1 Å². The van der Waals surface area contributed by atoms with Crippen molar-refractivity contribution in [3.8, 4) is 0 Å². The van der Waals surface area contributed by atoms with Crippen molar-refractivity contribution in [3.05, 3.63) is 66.0 Å². The van der Waals surface area contributed by atoms with E-state index in [2.05, 4.69) is 10.1 Å². The van der Waals surface area contributed by atoms with Gasteiger partial charge in [-0.3, -0.25) is 9.78 Å². The van der Waals surface area contributed by atoms with Crippen LogP contribution in [0.25, 0.3) is 5.52 Å². The summed E-state index contributed by atoms with van der Waals surface area (Å²) in [5.41, 5.74) is 1.80. The summed E-state index contributed by atoms with van der Waals surface area (Å²) in [6.45, 7) is 0. The Kier molecular flexibility index (Phi) is 2.79. The first-order chi connectivity index (χ1) is 9.24. The lowest BCUT2D eigenvalue weighted by molar-refractivity contribution is 0.0994. The summed E-state index contributed by atoms with van der Waals surface area (Å²) in [5, 5.41) is 4.08. The first-order valence-electron chi connectivity index (χ1n) is 5.79. The van der Waals surface area contributed by atoms with E-state index in [4.69, 9.17) is 0 Å². The van der Waals surface area contributed by atoms with Gasteiger partial charge in [0, 0.05) is 18.8 Å². The maximum Gasteiger partial charge on any atom is 0.171 e. The molecule has 0 atom stereocenters. The van der Waals surface area contributed by atoms with Gasteiger partial charge in [-0.05, 0) is 17.7 Å². The molecule has 2 aromatic heterocycles. The van der Waals surface area contributed by atoms with E-state index < -0.39 is 0 Å². The van der Waals surface area contributed by atoms with E-state index in [1.807, 2.05) is 0 Å². The Bertz CT molecular complexity index is 751. The predicted molar refractivity (Wildman–Crippen MR) is 67.4 cm³/mol. The average molecular weight is 255 g/mol. The molecular weight excluding hydrogens is 245 g/mol. The van der Waals surface area contributed by atoms with Crippen molar-refractivity contribution in [1.29, 1.82) is 0 Å². The van der Waals surface area contributed by atoms with Gasteiger partial charge in [0.05, 0.1) is 23.5 Å². The molecule has 0 bridgehead atoms. The molecule has 0 fully saturated rings. The van der Waals surface area contributed by atoms with Gasteiger partial charge in [0.15, 0.2) is 5.78 Å². The Hall–Kier alpha value is -2.56. The molecule has 0 saturated carbocycles. The average Bonchev–Trinajstić information content (AvgIpc) is 2.82. The molecule has 19 heavy (non-hydrogen) atoms. The highest BCUT2D eigenvalue weighted by molar-refractivity contribution is 6.03. The van der Waals surface area contributed by atoms with E-state index >= 15 is 0 Å². The van der Waals surface area contributed by atoms with E-state index in [-0.39, 0.29) is 18.0 Å². The van der Waals surface area contributed by atoms with E-state index in [0.29, 0.717) is 16.6 Å². The van der Waals surface area contributed by atoms with Crippen molar-refractivity contribution in [2.75, 3.05) is 0 Å². The van der Waals surface area contributed by atoms with Crippen LogP contribution in [0.3, 0.4) is 0 Å². The third-order valence-electron chi connectivity index (χ3n) is 2.88. The van der Waals surface area contributed by atoms with Gasteiger partial charge in [0.25, 0.3) is 0 Å². The van der Waals surface area contributed by atoms with Crippen LogP contribution >= 0.6 is 0 Å². The Morgan fingerprint density at radius 3 is 3.05 bits per heavy atom. The predicted octanol–water partition coefficient (Wildman–Crippen LogP) is 2.29. The molecule has 0 saturated heterocycles. The summed E-state index contributed by atoms with van der Waals surface area (Å²) >= 11 is 0. The lowest BCUT2D eigenvalue weighted by Crippen LogP contribution is -2.03. The summed E-state index contributed by atoms with van der Waals surface area (Å²) in [7, 11) is 0. The monoisotopic (exact) mass is 255 g/mol. The molecule has 3 rings (SSSR count). The number of benzene rings is 1. The number of carbonyl (C=O) groups is 1. The number of Topliss-reactive ketones (excluding diaryl/α,β-unsaturated/α-hetero) is 1. The van der Waals surface area contributed by atoms with Crippen molar-refractivity contribution in [3.63, 3.8) is 0 Å². The maximum atomic E-state index is 13.1. The highest BCUT2D eigenvalue weighted by Gasteiger charge is 2.13. The Balaban J connectivity index is 1.92.